The molecule has 0 radical (unpaired) electrons. The van der Waals surface area contributed by atoms with E-state index in [9.17, 15) is 14.4 Å². The molecule has 0 aromatic carbocycles. The first-order valence-electron chi connectivity index (χ1n) is 3.44. The Kier molecular flexibility index (Phi) is 11.2. The van der Waals surface area contributed by atoms with Crippen LogP contribution in [0.15, 0.2) is 0 Å². The number of aliphatic hydroxyl groups is 1. The van der Waals surface area contributed by atoms with Crippen LogP contribution in [0.25, 0.3) is 0 Å². The zero-order valence-corrected chi connectivity index (χ0v) is 9.19. The minimum atomic E-state index is -1.08. The number of carboxylic acids is 2. The third kappa shape index (κ3) is 24.5. The van der Waals surface area contributed by atoms with Crippen LogP contribution in [0.5, 0.6) is 0 Å². The summed E-state index contributed by atoms with van der Waals surface area (Å²) in [5.74, 6) is -2.15. The summed E-state index contributed by atoms with van der Waals surface area (Å²) in [4.78, 5) is 28.9. The maximum atomic E-state index is 9.64. The zero-order chi connectivity index (χ0) is 10.9. The third-order valence-corrected chi connectivity index (χ3v) is 1.09. The van der Waals surface area contributed by atoms with Gasteiger partial charge in [-0.15, -0.1) is 0 Å². The molecule has 0 aliphatic heterocycles. The summed E-state index contributed by atoms with van der Waals surface area (Å²) in [7, 11) is 0. The van der Waals surface area contributed by atoms with Crippen LogP contribution in [0.3, 0.4) is 0 Å². The third-order valence-electron chi connectivity index (χ3n) is 0.775. The quantitative estimate of drug-likeness (QED) is 0.481. The minimum absolute atomic E-state index is 0.0509. The van der Waals surface area contributed by atoms with E-state index in [0.717, 1.165) is 0 Å². The molecular weight excluding hydrogens is 191 g/mol. The van der Waals surface area contributed by atoms with Gasteiger partial charge in [-0.1, -0.05) is 0 Å². The van der Waals surface area contributed by atoms with Crippen molar-refractivity contribution < 1.29 is 29.7 Å². The van der Waals surface area contributed by atoms with E-state index in [1.54, 1.807) is 0 Å². The van der Waals surface area contributed by atoms with Crippen molar-refractivity contribution in [3.05, 3.63) is 0 Å². The summed E-state index contributed by atoms with van der Waals surface area (Å²) in [5.41, 5.74) is 0. The second kappa shape index (κ2) is 9.66. The summed E-state index contributed by atoms with van der Waals surface area (Å²) in [5, 5.41) is 23.6. The molecule has 0 aliphatic rings. The van der Waals surface area contributed by atoms with Gasteiger partial charge in [0.2, 0.25) is 0 Å². The molecule has 0 heterocycles. The Morgan fingerprint density at radius 3 is 1.31 bits per heavy atom. The fraction of sp³-hybridized carbons (Fsp3) is 0.500. The molecule has 13 heavy (non-hydrogen) atoms. The number of aliphatic hydroxyl groups excluding tert-OH is 1. The Labute approximate surface area is 92.0 Å². The van der Waals surface area contributed by atoms with Crippen LogP contribution < -0.4 is 0 Å². The van der Waals surface area contributed by atoms with Gasteiger partial charge in [0.15, 0.2) is 0 Å². The number of rotatable bonds is 4. The molecule has 0 atom stereocenters. The van der Waals surface area contributed by atoms with Crippen LogP contribution in [-0.4, -0.2) is 64.8 Å². The van der Waals surface area contributed by atoms with E-state index in [0.29, 0.717) is 27.9 Å². The van der Waals surface area contributed by atoms with Crippen molar-refractivity contribution in [2.75, 3.05) is 6.61 Å². The van der Waals surface area contributed by atoms with Crippen molar-refractivity contribution in [1.82, 2.24) is 0 Å². The van der Waals surface area contributed by atoms with Gasteiger partial charge in [0, 0.05) is 0 Å². The standard InChI is InChI=1S/C4H6O4.C2H3O2.Na/c5-3(6)1-2-4(7)8;3-1-2-4;/h1-2H2,(H,5,6)(H,7,8);3H,1H2;. The topological polar surface area (TPSA) is 112 Å². The molecule has 0 saturated carbocycles. The average Bonchev–Trinajstić information content (AvgIpc) is 2.02. The second-order valence-electron chi connectivity index (χ2n) is 2.15. The van der Waals surface area contributed by atoms with E-state index in [1.165, 1.54) is 0 Å². The Balaban J connectivity index is 0. The Hall–Kier alpha value is -0.430. The molecule has 0 rings (SSSR count). The number of carboxylic acid groups (broad SMARTS) is 2. The molecule has 0 unspecified atom stereocenters. The van der Waals surface area contributed by atoms with E-state index in [-0.39, 0.29) is 22.5 Å². The normalized spacial score (nSPS) is 8.23. The van der Waals surface area contributed by atoms with Crippen LogP contribution in [0.4, 0.5) is 0 Å². The number of carbonyl (C=O) groups excluding carboxylic acids is 1. The average molecular weight is 200 g/mol. The van der Waals surface area contributed by atoms with E-state index in [1.807, 2.05) is 0 Å². The molecule has 0 aliphatic carbocycles. The summed E-state index contributed by atoms with van der Waals surface area (Å²) >= 11 is 0.481. The fourth-order valence-corrected chi connectivity index (χ4v) is 0.214. The number of carbonyl (C=O) groups is 3. The first kappa shape index (κ1) is 15.1. The van der Waals surface area contributed by atoms with Gasteiger partial charge in [-0.25, -0.2) is 0 Å². The second-order valence-corrected chi connectivity index (χ2v) is 3.26. The van der Waals surface area contributed by atoms with Crippen LogP contribution >= 0.6 is 0 Å². The van der Waals surface area contributed by atoms with Gasteiger partial charge in [0.05, 0.1) is 12.8 Å². The van der Waals surface area contributed by atoms with Crippen LogP contribution in [0, 0.1) is 0 Å². The van der Waals surface area contributed by atoms with Crippen LogP contribution in [-0.2, 0) is 14.4 Å². The van der Waals surface area contributed by atoms with Crippen molar-refractivity contribution in [2.24, 2.45) is 0 Å². The number of hydrogen-bond acceptors (Lipinski definition) is 4. The van der Waals surface area contributed by atoms with Gasteiger partial charge in [0.1, 0.15) is 0 Å². The SMILES string of the molecule is O=C(O)CCC(=O)O.O=[C]([Na])CO. The molecule has 7 heteroatoms. The fourth-order valence-electron chi connectivity index (χ4n) is 0.214. The van der Waals surface area contributed by atoms with E-state index >= 15 is 0 Å². The van der Waals surface area contributed by atoms with Gasteiger partial charge in [0.25, 0.3) is 0 Å². The molecule has 0 spiro atoms. The van der Waals surface area contributed by atoms with Gasteiger partial charge in [-0.3, -0.25) is 9.59 Å². The summed E-state index contributed by atoms with van der Waals surface area (Å²) in [6, 6.07) is 0. The molecule has 3 N–H and O–H groups in total. The summed E-state index contributed by atoms with van der Waals surface area (Å²) in [6.45, 7) is -0.272. The van der Waals surface area contributed by atoms with E-state index < -0.39 is 11.9 Å². The van der Waals surface area contributed by atoms with Crippen molar-refractivity contribution in [3.8, 4) is 0 Å². The number of aliphatic carboxylic acids is 2. The molecule has 0 aromatic heterocycles. The van der Waals surface area contributed by atoms with Crippen molar-refractivity contribution in [1.29, 1.82) is 0 Å². The van der Waals surface area contributed by atoms with Crippen molar-refractivity contribution in [2.45, 2.75) is 12.8 Å². The molecular formula is C6H9NaO6. The predicted octanol–water partition coefficient (Wildman–Crippen LogP) is -1.39. The monoisotopic (exact) mass is 200 g/mol. The van der Waals surface area contributed by atoms with Gasteiger partial charge in [-0.05, 0) is 0 Å². The van der Waals surface area contributed by atoms with E-state index in [4.69, 9.17) is 15.3 Å². The Bertz CT molecular complexity index is 176. The Morgan fingerprint density at radius 1 is 1.00 bits per heavy atom. The molecule has 0 fully saturated rings. The van der Waals surface area contributed by atoms with E-state index in [2.05, 4.69) is 0 Å². The number of hydrogen-bond donors (Lipinski definition) is 3. The maximum absolute atomic E-state index is 9.64. The van der Waals surface area contributed by atoms with Gasteiger partial charge >= 0.3 is 59.4 Å². The zero-order valence-electron chi connectivity index (χ0n) is 7.19. The predicted molar refractivity (Wildman–Crippen MR) is 42.4 cm³/mol. The Morgan fingerprint density at radius 2 is 1.23 bits per heavy atom. The van der Waals surface area contributed by atoms with Gasteiger partial charge < -0.3 is 10.2 Å². The first-order valence-corrected chi connectivity index (χ1v) is 4.44. The summed E-state index contributed by atoms with van der Waals surface area (Å²) < 4.78 is -0.0509. The van der Waals surface area contributed by atoms with Crippen molar-refractivity contribution in [3.63, 3.8) is 0 Å². The molecule has 0 amide bonds. The van der Waals surface area contributed by atoms with Crippen LogP contribution in [0.1, 0.15) is 12.8 Å². The van der Waals surface area contributed by atoms with Crippen molar-refractivity contribution >= 4 is 42.9 Å². The van der Waals surface area contributed by atoms with Crippen LogP contribution in [0.2, 0.25) is 0 Å². The summed E-state index contributed by atoms with van der Waals surface area (Å²) in [6.07, 6.45) is -0.593. The molecule has 0 saturated heterocycles. The first-order chi connectivity index (χ1) is 5.90. The van der Waals surface area contributed by atoms with Gasteiger partial charge in [-0.2, -0.15) is 0 Å². The molecule has 0 aromatic rings. The molecule has 0 bridgehead atoms. The molecule has 6 nitrogen and oxygen atoms in total. The molecule has 70 valence electrons.